The number of terminal acetylenes is 1. The van der Waals surface area contributed by atoms with Gasteiger partial charge < -0.3 is 19.5 Å². The summed E-state index contributed by atoms with van der Waals surface area (Å²) in [6.45, 7) is -0.165. The zero-order valence-corrected chi connectivity index (χ0v) is 17.5. The van der Waals surface area contributed by atoms with Crippen LogP contribution in [-0.2, 0) is 30.3 Å². The largest absolute Gasteiger partial charge is 0.467 e. The molecule has 1 amide bonds. The van der Waals surface area contributed by atoms with Crippen molar-refractivity contribution in [3.05, 3.63) is 65.7 Å². The van der Waals surface area contributed by atoms with Gasteiger partial charge in [-0.2, -0.15) is 0 Å². The third kappa shape index (κ3) is 7.95. The average molecular weight is 437 g/mol. The highest BCUT2D eigenvalue weighted by molar-refractivity contribution is 5.91. The van der Waals surface area contributed by atoms with E-state index in [4.69, 9.17) is 20.6 Å². The number of hydrogen-bond acceptors (Lipinski definition) is 7. The number of methoxy groups -OCH3 is 1. The SMILES string of the molecule is C#CCOC(=O)CCC(=O)N[C@@H](Cc1ccc(OC(=O)c2ccccc2)cc1)C(=O)OC. The molecule has 1 atom stereocenters. The van der Waals surface area contributed by atoms with Gasteiger partial charge in [0.25, 0.3) is 0 Å². The first-order chi connectivity index (χ1) is 15.4. The van der Waals surface area contributed by atoms with Crippen molar-refractivity contribution in [3.8, 4) is 18.1 Å². The molecule has 0 aliphatic rings. The molecule has 0 aromatic heterocycles. The van der Waals surface area contributed by atoms with Crippen molar-refractivity contribution < 1.29 is 33.4 Å². The number of ether oxygens (including phenoxy) is 3. The maximum atomic E-state index is 12.1. The fourth-order valence-corrected chi connectivity index (χ4v) is 2.68. The van der Waals surface area contributed by atoms with E-state index >= 15 is 0 Å². The number of esters is 3. The molecule has 0 saturated carbocycles. The molecule has 2 aromatic rings. The molecule has 2 aromatic carbocycles. The minimum absolute atomic E-state index is 0.146. The van der Waals surface area contributed by atoms with Crippen LogP contribution in [0.2, 0.25) is 0 Å². The molecule has 0 unspecified atom stereocenters. The molecule has 32 heavy (non-hydrogen) atoms. The van der Waals surface area contributed by atoms with Crippen molar-refractivity contribution in [1.82, 2.24) is 5.32 Å². The van der Waals surface area contributed by atoms with E-state index < -0.39 is 29.9 Å². The second-order valence-electron chi connectivity index (χ2n) is 6.61. The second kappa shape index (κ2) is 12.5. The Kier molecular flexibility index (Phi) is 9.47. The summed E-state index contributed by atoms with van der Waals surface area (Å²) in [4.78, 5) is 47.8. The quantitative estimate of drug-likeness (QED) is 0.344. The highest BCUT2D eigenvalue weighted by Gasteiger charge is 2.22. The van der Waals surface area contributed by atoms with Gasteiger partial charge in [0.2, 0.25) is 5.91 Å². The molecule has 0 saturated heterocycles. The molecule has 0 heterocycles. The monoisotopic (exact) mass is 437 g/mol. The van der Waals surface area contributed by atoms with E-state index in [2.05, 4.69) is 11.2 Å². The normalized spacial score (nSPS) is 10.9. The topological polar surface area (TPSA) is 108 Å². The first kappa shape index (κ1) is 24.2. The van der Waals surface area contributed by atoms with Crippen molar-refractivity contribution in [2.45, 2.75) is 25.3 Å². The van der Waals surface area contributed by atoms with Crippen LogP contribution < -0.4 is 10.1 Å². The van der Waals surface area contributed by atoms with Crippen molar-refractivity contribution in [1.29, 1.82) is 0 Å². The van der Waals surface area contributed by atoms with Crippen LogP contribution in [0.15, 0.2) is 54.6 Å². The first-order valence-electron chi connectivity index (χ1n) is 9.75. The Hall–Kier alpha value is -4.12. The van der Waals surface area contributed by atoms with Gasteiger partial charge in [-0.05, 0) is 29.8 Å². The predicted molar refractivity (Wildman–Crippen MR) is 115 cm³/mol. The third-order valence-corrected chi connectivity index (χ3v) is 4.28. The summed E-state index contributed by atoms with van der Waals surface area (Å²) in [5.41, 5.74) is 1.13. The Morgan fingerprint density at radius 1 is 1.00 bits per heavy atom. The van der Waals surface area contributed by atoms with Gasteiger partial charge in [0.15, 0.2) is 6.61 Å². The minimum Gasteiger partial charge on any atom is -0.467 e. The van der Waals surface area contributed by atoms with E-state index in [1.165, 1.54) is 7.11 Å². The van der Waals surface area contributed by atoms with E-state index in [1.807, 2.05) is 0 Å². The van der Waals surface area contributed by atoms with Gasteiger partial charge >= 0.3 is 17.9 Å². The Balaban J connectivity index is 1.93. The van der Waals surface area contributed by atoms with E-state index in [-0.39, 0.29) is 25.9 Å². The molecule has 8 heteroatoms. The molecule has 0 fully saturated rings. The fraction of sp³-hybridized carbons (Fsp3) is 0.250. The highest BCUT2D eigenvalue weighted by atomic mass is 16.5. The van der Waals surface area contributed by atoms with Gasteiger partial charge in [0.05, 0.1) is 19.1 Å². The summed E-state index contributed by atoms with van der Waals surface area (Å²) in [7, 11) is 1.21. The lowest BCUT2D eigenvalue weighted by atomic mass is 10.1. The van der Waals surface area contributed by atoms with E-state index in [1.54, 1.807) is 54.6 Å². The molecular weight excluding hydrogens is 414 g/mol. The van der Waals surface area contributed by atoms with E-state index in [0.29, 0.717) is 16.9 Å². The minimum atomic E-state index is -0.952. The molecule has 1 N–H and O–H groups in total. The summed E-state index contributed by atoms with van der Waals surface area (Å²) in [6, 6.07) is 14.1. The van der Waals surface area contributed by atoms with Crippen LogP contribution in [0.25, 0.3) is 0 Å². The zero-order valence-electron chi connectivity index (χ0n) is 17.5. The van der Waals surface area contributed by atoms with Crippen LogP contribution in [0.3, 0.4) is 0 Å². The maximum Gasteiger partial charge on any atom is 0.343 e. The molecule has 166 valence electrons. The summed E-state index contributed by atoms with van der Waals surface area (Å²) < 4.78 is 14.8. The number of hydrogen-bond donors (Lipinski definition) is 1. The Labute approximate surface area is 185 Å². The molecule has 0 aliphatic carbocycles. The lowest BCUT2D eigenvalue weighted by Gasteiger charge is -2.17. The van der Waals surface area contributed by atoms with Crippen LogP contribution in [0, 0.1) is 12.3 Å². The molecule has 8 nitrogen and oxygen atoms in total. The van der Waals surface area contributed by atoms with Crippen molar-refractivity contribution in [2.24, 2.45) is 0 Å². The Bertz CT molecular complexity index is 978. The molecule has 0 spiro atoms. The summed E-state index contributed by atoms with van der Waals surface area (Å²) >= 11 is 0. The van der Waals surface area contributed by atoms with Gasteiger partial charge in [-0.1, -0.05) is 36.3 Å². The fourth-order valence-electron chi connectivity index (χ4n) is 2.68. The highest BCUT2D eigenvalue weighted by Crippen LogP contribution is 2.16. The second-order valence-corrected chi connectivity index (χ2v) is 6.61. The molecular formula is C24H23NO7. The van der Waals surface area contributed by atoms with Crippen molar-refractivity contribution >= 4 is 23.8 Å². The Morgan fingerprint density at radius 3 is 2.31 bits per heavy atom. The lowest BCUT2D eigenvalue weighted by molar-refractivity contribution is -0.145. The van der Waals surface area contributed by atoms with Gasteiger partial charge in [-0.3, -0.25) is 9.59 Å². The number of carbonyl (C=O) groups is 4. The summed E-state index contributed by atoms with van der Waals surface area (Å²) in [5, 5.41) is 2.55. The molecule has 0 radical (unpaired) electrons. The zero-order chi connectivity index (χ0) is 23.3. The van der Waals surface area contributed by atoms with E-state index in [0.717, 1.165) is 0 Å². The number of carbonyl (C=O) groups excluding carboxylic acids is 4. The smallest absolute Gasteiger partial charge is 0.343 e. The van der Waals surface area contributed by atoms with Crippen molar-refractivity contribution in [3.63, 3.8) is 0 Å². The Morgan fingerprint density at radius 2 is 1.69 bits per heavy atom. The van der Waals surface area contributed by atoms with Gasteiger partial charge in [-0.15, -0.1) is 6.42 Å². The first-order valence-corrected chi connectivity index (χ1v) is 9.75. The van der Waals surface area contributed by atoms with Crippen molar-refractivity contribution in [2.75, 3.05) is 13.7 Å². The third-order valence-electron chi connectivity index (χ3n) is 4.28. The van der Waals surface area contributed by atoms with Crippen LogP contribution in [0.1, 0.15) is 28.8 Å². The van der Waals surface area contributed by atoms with Gasteiger partial charge in [0, 0.05) is 12.8 Å². The lowest BCUT2D eigenvalue weighted by Crippen LogP contribution is -2.43. The number of amides is 1. The van der Waals surface area contributed by atoms with Gasteiger partial charge in [0.1, 0.15) is 11.8 Å². The number of nitrogens with one attached hydrogen (secondary N) is 1. The van der Waals surface area contributed by atoms with E-state index in [9.17, 15) is 19.2 Å². The average Bonchev–Trinajstić information content (AvgIpc) is 2.82. The number of rotatable bonds is 10. The van der Waals surface area contributed by atoms with Crippen LogP contribution in [-0.4, -0.2) is 43.6 Å². The number of benzene rings is 2. The maximum absolute atomic E-state index is 12.1. The molecule has 2 rings (SSSR count). The standard InChI is InChI=1S/C24H23NO7/c1-3-15-31-22(27)14-13-21(26)25-20(24(29)30-2)16-17-9-11-19(12-10-17)32-23(28)18-7-5-4-6-8-18/h1,4-12,20H,13-16H2,2H3,(H,25,26)/t20-/m0/s1. The summed E-state index contributed by atoms with van der Waals surface area (Å²) in [6.07, 6.45) is 4.82. The predicted octanol–water partition coefficient (Wildman–Crippen LogP) is 2.06. The molecule has 0 aliphatic heterocycles. The van der Waals surface area contributed by atoms with Crippen LogP contribution in [0.4, 0.5) is 0 Å². The van der Waals surface area contributed by atoms with Crippen LogP contribution in [0.5, 0.6) is 5.75 Å². The summed E-state index contributed by atoms with van der Waals surface area (Å²) in [5.74, 6) is 0.268. The van der Waals surface area contributed by atoms with Crippen LogP contribution >= 0.6 is 0 Å². The molecule has 0 bridgehead atoms. The van der Waals surface area contributed by atoms with Gasteiger partial charge in [-0.25, -0.2) is 9.59 Å².